The van der Waals surface area contributed by atoms with E-state index in [0.717, 1.165) is 64.1 Å². The molecule has 2 saturated heterocycles. The lowest BCUT2D eigenvalue weighted by molar-refractivity contribution is 0.0195. The van der Waals surface area contributed by atoms with Gasteiger partial charge in [0.2, 0.25) is 0 Å². The normalized spacial score (nSPS) is 22.2. The van der Waals surface area contributed by atoms with Crippen molar-refractivity contribution in [3.8, 4) is 5.75 Å². The molecule has 1 unspecified atom stereocenters. The van der Waals surface area contributed by atoms with Crippen LogP contribution >= 0.6 is 0 Å². The fourth-order valence-corrected chi connectivity index (χ4v) is 3.62. The van der Waals surface area contributed by atoms with Crippen molar-refractivity contribution >= 4 is 5.96 Å². The lowest BCUT2D eigenvalue weighted by Crippen LogP contribution is -2.46. The molecule has 1 aromatic carbocycles. The zero-order valence-electron chi connectivity index (χ0n) is 15.4. The topological polar surface area (TPSA) is 49.3 Å². The quantitative estimate of drug-likeness (QED) is 0.642. The SMILES string of the molecule is CN=C(NCCc1ccc(OC)cc1)N1CCC(N2CCOCC2)C1. The number of methoxy groups -OCH3 is 1. The molecule has 2 heterocycles. The number of rotatable bonds is 5. The van der Waals surface area contributed by atoms with Crippen LogP contribution in [-0.2, 0) is 11.2 Å². The highest BCUT2D eigenvalue weighted by atomic mass is 16.5. The van der Waals surface area contributed by atoms with Crippen LogP contribution in [0.25, 0.3) is 0 Å². The summed E-state index contributed by atoms with van der Waals surface area (Å²) in [5, 5.41) is 3.51. The van der Waals surface area contributed by atoms with Gasteiger partial charge in [0.25, 0.3) is 0 Å². The first-order chi connectivity index (χ1) is 12.3. The summed E-state index contributed by atoms with van der Waals surface area (Å²) < 4.78 is 10.7. The van der Waals surface area contributed by atoms with Crippen molar-refractivity contribution in [2.75, 3.05) is 60.1 Å². The zero-order chi connectivity index (χ0) is 17.5. The Morgan fingerprint density at radius 2 is 2.00 bits per heavy atom. The number of nitrogens with one attached hydrogen (secondary N) is 1. The Labute approximate surface area is 150 Å². The number of nitrogens with zero attached hydrogens (tertiary/aromatic N) is 3. The second-order valence-electron chi connectivity index (χ2n) is 6.61. The van der Waals surface area contributed by atoms with Gasteiger partial charge in [-0.05, 0) is 30.5 Å². The first kappa shape index (κ1) is 18.0. The fourth-order valence-electron chi connectivity index (χ4n) is 3.62. The number of hydrogen-bond acceptors (Lipinski definition) is 4. The molecule has 138 valence electrons. The summed E-state index contributed by atoms with van der Waals surface area (Å²) in [7, 11) is 3.57. The minimum atomic E-state index is 0.629. The molecule has 0 bridgehead atoms. The summed E-state index contributed by atoms with van der Waals surface area (Å²) in [6, 6.07) is 8.89. The number of guanidine groups is 1. The highest BCUT2D eigenvalue weighted by Crippen LogP contribution is 2.17. The molecule has 25 heavy (non-hydrogen) atoms. The van der Waals surface area contributed by atoms with Gasteiger partial charge < -0.3 is 19.7 Å². The van der Waals surface area contributed by atoms with Crippen molar-refractivity contribution in [2.24, 2.45) is 4.99 Å². The number of hydrogen-bond donors (Lipinski definition) is 1. The summed E-state index contributed by atoms with van der Waals surface area (Å²) in [4.78, 5) is 9.42. The Kier molecular flexibility index (Phi) is 6.53. The van der Waals surface area contributed by atoms with E-state index in [0.29, 0.717) is 6.04 Å². The molecule has 0 aromatic heterocycles. The lowest BCUT2D eigenvalue weighted by atomic mass is 10.1. The third kappa shape index (κ3) is 4.86. The molecule has 3 rings (SSSR count). The van der Waals surface area contributed by atoms with Gasteiger partial charge in [0, 0.05) is 45.8 Å². The van der Waals surface area contributed by atoms with E-state index in [1.54, 1.807) is 7.11 Å². The molecule has 1 atom stereocenters. The Balaban J connectivity index is 1.44. The zero-order valence-corrected chi connectivity index (χ0v) is 15.4. The molecule has 2 aliphatic heterocycles. The van der Waals surface area contributed by atoms with Crippen LogP contribution in [0, 0.1) is 0 Å². The van der Waals surface area contributed by atoms with Gasteiger partial charge in [0.05, 0.1) is 20.3 Å². The van der Waals surface area contributed by atoms with E-state index in [1.165, 1.54) is 12.0 Å². The minimum absolute atomic E-state index is 0.629. The van der Waals surface area contributed by atoms with Gasteiger partial charge >= 0.3 is 0 Å². The number of likely N-dealkylation sites (tertiary alicyclic amines) is 1. The number of benzene rings is 1. The molecule has 0 spiro atoms. The van der Waals surface area contributed by atoms with Crippen LogP contribution in [0.1, 0.15) is 12.0 Å². The van der Waals surface area contributed by atoms with Crippen molar-refractivity contribution in [2.45, 2.75) is 18.9 Å². The maximum atomic E-state index is 5.47. The molecule has 0 radical (unpaired) electrons. The molecule has 1 aromatic rings. The third-order valence-electron chi connectivity index (χ3n) is 5.09. The number of morpholine rings is 1. The largest absolute Gasteiger partial charge is 0.497 e. The van der Waals surface area contributed by atoms with Crippen LogP contribution in [0.5, 0.6) is 5.75 Å². The predicted molar refractivity (Wildman–Crippen MR) is 100 cm³/mol. The highest BCUT2D eigenvalue weighted by molar-refractivity contribution is 5.80. The van der Waals surface area contributed by atoms with Gasteiger partial charge in [0.1, 0.15) is 5.75 Å². The molecule has 2 fully saturated rings. The van der Waals surface area contributed by atoms with Crippen LogP contribution in [0.2, 0.25) is 0 Å². The standard InChI is InChI=1S/C19H30N4O2/c1-20-19(21-9-7-16-3-5-18(24-2)6-4-16)23-10-8-17(15-23)22-11-13-25-14-12-22/h3-6,17H,7-15H2,1-2H3,(H,20,21). The van der Waals surface area contributed by atoms with Crippen LogP contribution < -0.4 is 10.1 Å². The van der Waals surface area contributed by atoms with Gasteiger partial charge in [-0.15, -0.1) is 0 Å². The van der Waals surface area contributed by atoms with Crippen molar-refractivity contribution in [1.82, 2.24) is 15.1 Å². The molecule has 0 aliphatic carbocycles. The van der Waals surface area contributed by atoms with E-state index < -0.39 is 0 Å². The van der Waals surface area contributed by atoms with E-state index in [-0.39, 0.29) is 0 Å². The van der Waals surface area contributed by atoms with Crippen LogP contribution in [0.4, 0.5) is 0 Å². The highest BCUT2D eigenvalue weighted by Gasteiger charge is 2.30. The molecular weight excluding hydrogens is 316 g/mol. The van der Waals surface area contributed by atoms with E-state index >= 15 is 0 Å². The molecule has 1 N–H and O–H groups in total. The molecule has 0 amide bonds. The molecule has 0 saturated carbocycles. The fraction of sp³-hybridized carbons (Fsp3) is 0.632. The van der Waals surface area contributed by atoms with Gasteiger partial charge in [0.15, 0.2) is 5.96 Å². The third-order valence-corrected chi connectivity index (χ3v) is 5.09. The van der Waals surface area contributed by atoms with E-state index in [1.807, 2.05) is 19.2 Å². The summed E-state index contributed by atoms with van der Waals surface area (Å²) in [5.41, 5.74) is 1.30. The van der Waals surface area contributed by atoms with E-state index in [9.17, 15) is 0 Å². The second kappa shape index (κ2) is 9.06. The first-order valence-corrected chi connectivity index (χ1v) is 9.20. The van der Waals surface area contributed by atoms with Crippen LogP contribution in [0.3, 0.4) is 0 Å². The number of ether oxygens (including phenoxy) is 2. The smallest absolute Gasteiger partial charge is 0.193 e. The Bertz CT molecular complexity index is 555. The van der Waals surface area contributed by atoms with Gasteiger partial charge in [-0.25, -0.2) is 0 Å². The van der Waals surface area contributed by atoms with Gasteiger partial charge in [-0.1, -0.05) is 12.1 Å². The Morgan fingerprint density at radius 3 is 2.68 bits per heavy atom. The van der Waals surface area contributed by atoms with Crippen molar-refractivity contribution < 1.29 is 9.47 Å². The van der Waals surface area contributed by atoms with Crippen molar-refractivity contribution in [1.29, 1.82) is 0 Å². The molecule has 6 nitrogen and oxygen atoms in total. The summed E-state index contributed by atoms with van der Waals surface area (Å²) in [6.45, 7) is 6.87. The Morgan fingerprint density at radius 1 is 1.24 bits per heavy atom. The summed E-state index contributed by atoms with van der Waals surface area (Å²) in [5.74, 6) is 1.92. The minimum Gasteiger partial charge on any atom is -0.497 e. The van der Waals surface area contributed by atoms with Crippen molar-refractivity contribution in [3.05, 3.63) is 29.8 Å². The molecule has 2 aliphatic rings. The maximum absolute atomic E-state index is 5.47. The van der Waals surface area contributed by atoms with Gasteiger partial charge in [-0.3, -0.25) is 9.89 Å². The molecule has 6 heteroatoms. The first-order valence-electron chi connectivity index (χ1n) is 9.20. The van der Waals surface area contributed by atoms with E-state index in [4.69, 9.17) is 9.47 Å². The Hall–Kier alpha value is -1.79. The van der Waals surface area contributed by atoms with E-state index in [2.05, 4.69) is 32.2 Å². The van der Waals surface area contributed by atoms with Gasteiger partial charge in [-0.2, -0.15) is 0 Å². The molecular formula is C19H30N4O2. The van der Waals surface area contributed by atoms with Crippen LogP contribution in [-0.4, -0.2) is 81.9 Å². The lowest BCUT2D eigenvalue weighted by Gasteiger charge is -2.32. The summed E-state index contributed by atoms with van der Waals surface area (Å²) in [6.07, 6.45) is 2.18. The summed E-state index contributed by atoms with van der Waals surface area (Å²) >= 11 is 0. The number of aliphatic imine (C=N–C) groups is 1. The monoisotopic (exact) mass is 346 g/mol. The predicted octanol–water partition coefficient (Wildman–Crippen LogP) is 1.22. The second-order valence-corrected chi connectivity index (χ2v) is 6.61. The van der Waals surface area contributed by atoms with Crippen LogP contribution in [0.15, 0.2) is 29.3 Å². The average molecular weight is 346 g/mol. The average Bonchev–Trinajstić information content (AvgIpc) is 3.16. The van der Waals surface area contributed by atoms with Crippen molar-refractivity contribution in [3.63, 3.8) is 0 Å². The maximum Gasteiger partial charge on any atom is 0.193 e.